The van der Waals surface area contributed by atoms with Gasteiger partial charge in [0, 0.05) is 29.1 Å². The number of hydrogen-bond donors (Lipinski definition) is 0. The molecule has 2 aromatic heterocycles. The fourth-order valence-corrected chi connectivity index (χ4v) is 2.66. The number of pyridine rings is 2. The molecule has 0 aliphatic carbocycles. The second-order valence-corrected chi connectivity index (χ2v) is 5.45. The predicted octanol–water partition coefficient (Wildman–Crippen LogP) is 4.40. The van der Waals surface area contributed by atoms with E-state index in [0.29, 0.717) is 6.61 Å². The van der Waals surface area contributed by atoms with E-state index in [2.05, 4.69) is 28.2 Å². The zero-order chi connectivity index (χ0) is 15.5. The number of rotatable bonds is 4. The van der Waals surface area contributed by atoms with Crippen LogP contribution in [0.3, 0.4) is 0 Å². The standard InChI is InChI=1S/C20H16N2O/c1-2-6-20-15(4-1)7-8-17(22-20)11-13-23-18-9-10-19-16(14-18)5-3-12-21-19/h1-10,12,14H,11,13H2. The molecule has 0 unspecified atom stereocenters. The molecule has 4 rings (SSSR count). The first-order valence-corrected chi connectivity index (χ1v) is 7.71. The first kappa shape index (κ1) is 13.7. The maximum absolute atomic E-state index is 5.86. The Hall–Kier alpha value is -2.94. The van der Waals surface area contributed by atoms with Crippen LogP contribution in [0.1, 0.15) is 5.69 Å². The maximum Gasteiger partial charge on any atom is 0.120 e. The Labute approximate surface area is 134 Å². The van der Waals surface area contributed by atoms with E-state index in [1.807, 2.05) is 48.5 Å². The summed E-state index contributed by atoms with van der Waals surface area (Å²) in [5.74, 6) is 0.867. The second-order valence-electron chi connectivity index (χ2n) is 5.45. The van der Waals surface area contributed by atoms with Gasteiger partial charge in [-0.1, -0.05) is 30.3 Å². The number of aromatic nitrogens is 2. The van der Waals surface area contributed by atoms with E-state index >= 15 is 0 Å². The molecular weight excluding hydrogens is 284 g/mol. The summed E-state index contributed by atoms with van der Waals surface area (Å²) in [6.07, 6.45) is 2.59. The van der Waals surface area contributed by atoms with Crippen molar-refractivity contribution in [3.63, 3.8) is 0 Å². The molecule has 0 N–H and O–H groups in total. The third kappa shape index (κ3) is 2.99. The zero-order valence-corrected chi connectivity index (χ0v) is 12.6. The summed E-state index contributed by atoms with van der Waals surface area (Å²) < 4.78 is 5.86. The normalized spacial score (nSPS) is 11.0. The molecule has 2 aromatic carbocycles. The Morgan fingerprint density at radius 1 is 0.783 bits per heavy atom. The van der Waals surface area contributed by atoms with Crippen LogP contribution in [0, 0.1) is 0 Å². The van der Waals surface area contributed by atoms with Crippen molar-refractivity contribution in [3.8, 4) is 5.75 Å². The van der Waals surface area contributed by atoms with Gasteiger partial charge in [0.25, 0.3) is 0 Å². The van der Waals surface area contributed by atoms with E-state index in [1.165, 1.54) is 5.39 Å². The molecule has 0 saturated heterocycles. The summed E-state index contributed by atoms with van der Waals surface area (Å²) in [6, 6.07) is 22.3. The number of fused-ring (bicyclic) bond motifs is 2. The minimum atomic E-state index is 0.608. The Bertz CT molecular complexity index is 886. The van der Waals surface area contributed by atoms with Gasteiger partial charge in [-0.15, -0.1) is 0 Å². The van der Waals surface area contributed by atoms with Crippen LogP contribution in [0.15, 0.2) is 72.9 Å². The van der Waals surface area contributed by atoms with E-state index in [1.54, 1.807) is 6.20 Å². The van der Waals surface area contributed by atoms with Crippen molar-refractivity contribution in [3.05, 3.63) is 78.6 Å². The van der Waals surface area contributed by atoms with Gasteiger partial charge in [0.05, 0.1) is 17.6 Å². The Morgan fingerprint density at radius 2 is 1.70 bits per heavy atom. The third-order valence-corrected chi connectivity index (χ3v) is 3.86. The van der Waals surface area contributed by atoms with E-state index in [4.69, 9.17) is 4.74 Å². The topological polar surface area (TPSA) is 35.0 Å². The molecule has 2 heterocycles. The molecule has 0 aliphatic heterocycles. The van der Waals surface area contributed by atoms with E-state index in [0.717, 1.165) is 34.3 Å². The van der Waals surface area contributed by atoms with Gasteiger partial charge in [-0.2, -0.15) is 0 Å². The van der Waals surface area contributed by atoms with E-state index in [9.17, 15) is 0 Å². The van der Waals surface area contributed by atoms with Crippen molar-refractivity contribution in [2.24, 2.45) is 0 Å². The molecule has 3 nitrogen and oxygen atoms in total. The van der Waals surface area contributed by atoms with Crippen molar-refractivity contribution in [2.75, 3.05) is 6.61 Å². The summed E-state index contributed by atoms with van der Waals surface area (Å²) in [5, 5.41) is 2.26. The summed E-state index contributed by atoms with van der Waals surface area (Å²) in [5.41, 5.74) is 3.06. The van der Waals surface area contributed by atoms with Gasteiger partial charge in [-0.05, 0) is 36.4 Å². The van der Waals surface area contributed by atoms with Crippen LogP contribution in [0.25, 0.3) is 21.8 Å². The minimum Gasteiger partial charge on any atom is -0.493 e. The van der Waals surface area contributed by atoms with E-state index in [-0.39, 0.29) is 0 Å². The first-order chi connectivity index (χ1) is 11.4. The van der Waals surface area contributed by atoms with Crippen LogP contribution in [0.4, 0.5) is 0 Å². The quantitative estimate of drug-likeness (QED) is 0.560. The number of benzene rings is 2. The maximum atomic E-state index is 5.86. The molecule has 0 saturated carbocycles. The summed E-state index contributed by atoms with van der Waals surface area (Å²) in [4.78, 5) is 8.98. The second kappa shape index (κ2) is 6.05. The molecular formula is C20H16N2O. The fraction of sp³-hybridized carbons (Fsp3) is 0.100. The fourth-order valence-electron chi connectivity index (χ4n) is 2.66. The lowest BCUT2D eigenvalue weighted by Crippen LogP contribution is -2.03. The van der Waals surface area contributed by atoms with Crippen LogP contribution in [-0.2, 0) is 6.42 Å². The lowest BCUT2D eigenvalue weighted by atomic mass is 10.2. The highest BCUT2D eigenvalue weighted by atomic mass is 16.5. The zero-order valence-electron chi connectivity index (χ0n) is 12.6. The van der Waals surface area contributed by atoms with Crippen LogP contribution < -0.4 is 4.74 Å². The predicted molar refractivity (Wildman–Crippen MR) is 92.7 cm³/mol. The number of ether oxygens (including phenoxy) is 1. The van der Waals surface area contributed by atoms with Crippen molar-refractivity contribution in [1.82, 2.24) is 9.97 Å². The highest BCUT2D eigenvalue weighted by molar-refractivity contribution is 5.80. The van der Waals surface area contributed by atoms with Gasteiger partial charge in [0.2, 0.25) is 0 Å². The SMILES string of the molecule is c1cnc2ccc(OCCc3ccc4ccccc4n3)cc2c1. The van der Waals surface area contributed by atoms with Gasteiger partial charge in [0.1, 0.15) is 5.75 Å². The molecule has 0 aliphatic rings. The molecule has 0 bridgehead atoms. The Morgan fingerprint density at radius 3 is 2.70 bits per heavy atom. The molecule has 4 aromatic rings. The minimum absolute atomic E-state index is 0.608. The number of para-hydroxylation sites is 1. The Balaban J connectivity index is 1.45. The van der Waals surface area contributed by atoms with Gasteiger partial charge < -0.3 is 4.74 Å². The monoisotopic (exact) mass is 300 g/mol. The van der Waals surface area contributed by atoms with Gasteiger partial charge >= 0.3 is 0 Å². The van der Waals surface area contributed by atoms with Crippen molar-refractivity contribution >= 4 is 21.8 Å². The highest BCUT2D eigenvalue weighted by Crippen LogP contribution is 2.19. The molecule has 23 heavy (non-hydrogen) atoms. The molecule has 3 heteroatoms. The van der Waals surface area contributed by atoms with E-state index < -0.39 is 0 Å². The molecule has 0 spiro atoms. The van der Waals surface area contributed by atoms with Crippen molar-refractivity contribution < 1.29 is 4.74 Å². The summed E-state index contributed by atoms with van der Waals surface area (Å²) >= 11 is 0. The smallest absolute Gasteiger partial charge is 0.120 e. The molecule has 0 radical (unpaired) electrons. The molecule has 0 amide bonds. The van der Waals surface area contributed by atoms with Crippen LogP contribution in [-0.4, -0.2) is 16.6 Å². The van der Waals surface area contributed by atoms with Gasteiger partial charge in [-0.25, -0.2) is 0 Å². The molecule has 0 fully saturated rings. The van der Waals surface area contributed by atoms with Crippen LogP contribution in [0.2, 0.25) is 0 Å². The highest BCUT2D eigenvalue weighted by Gasteiger charge is 2.01. The average Bonchev–Trinajstić information content (AvgIpc) is 2.61. The van der Waals surface area contributed by atoms with Crippen molar-refractivity contribution in [2.45, 2.75) is 6.42 Å². The summed E-state index contributed by atoms with van der Waals surface area (Å²) in [7, 11) is 0. The average molecular weight is 300 g/mol. The molecule has 0 atom stereocenters. The van der Waals surface area contributed by atoms with Gasteiger partial charge in [0.15, 0.2) is 0 Å². The number of hydrogen-bond acceptors (Lipinski definition) is 3. The molecule has 112 valence electrons. The lowest BCUT2D eigenvalue weighted by molar-refractivity contribution is 0.321. The van der Waals surface area contributed by atoms with Gasteiger partial charge in [-0.3, -0.25) is 9.97 Å². The third-order valence-electron chi connectivity index (χ3n) is 3.86. The van der Waals surface area contributed by atoms with Crippen molar-refractivity contribution in [1.29, 1.82) is 0 Å². The Kier molecular flexibility index (Phi) is 3.60. The lowest BCUT2D eigenvalue weighted by Gasteiger charge is -2.07. The first-order valence-electron chi connectivity index (χ1n) is 7.71. The van der Waals surface area contributed by atoms with Crippen LogP contribution in [0.5, 0.6) is 5.75 Å². The van der Waals surface area contributed by atoms with Crippen LogP contribution >= 0.6 is 0 Å². The number of nitrogens with zero attached hydrogens (tertiary/aromatic N) is 2. The summed E-state index contributed by atoms with van der Waals surface area (Å²) in [6.45, 7) is 0.608. The largest absolute Gasteiger partial charge is 0.493 e.